The van der Waals surface area contributed by atoms with Gasteiger partial charge in [-0.1, -0.05) is 48.0 Å². The van der Waals surface area contributed by atoms with E-state index in [2.05, 4.69) is 15.5 Å². The third-order valence-electron chi connectivity index (χ3n) is 3.88. The largest absolute Gasteiger partial charge is 0.421 e. The Morgan fingerprint density at radius 3 is 2.68 bits per heavy atom. The second-order valence-electron chi connectivity index (χ2n) is 5.96. The van der Waals surface area contributed by atoms with Crippen molar-refractivity contribution >= 4 is 5.91 Å². The maximum absolute atomic E-state index is 11.9. The number of rotatable bonds is 7. The molecule has 25 heavy (non-hydrogen) atoms. The molecule has 5 nitrogen and oxygen atoms in total. The lowest BCUT2D eigenvalue weighted by atomic mass is 10.1. The number of carbonyl (C=O) groups is 1. The Kier molecular flexibility index (Phi) is 5.57. The summed E-state index contributed by atoms with van der Waals surface area (Å²) in [4.78, 5) is 11.9. The summed E-state index contributed by atoms with van der Waals surface area (Å²) in [6, 6.07) is 17.9. The van der Waals surface area contributed by atoms with Gasteiger partial charge in [0.15, 0.2) is 0 Å². The van der Waals surface area contributed by atoms with E-state index in [1.165, 1.54) is 0 Å². The monoisotopic (exact) mass is 335 g/mol. The summed E-state index contributed by atoms with van der Waals surface area (Å²) in [7, 11) is 0. The number of nitrogens with one attached hydrogen (secondary N) is 1. The zero-order chi connectivity index (χ0) is 17.5. The number of amides is 1. The van der Waals surface area contributed by atoms with E-state index in [1.54, 1.807) is 0 Å². The van der Waals surface area contributed by atoms with Gasteiger partial charge in [0.25, 0.3) is 0 Å². The van der Waals surface area contributed by atoms with Crippen molar-refractivity contribution in [2.45, 2.75) is 26.2 Å². The first-order valence-electron chi connectivity index (χ1n) is 8.41. The highest BCUT2D eigenvalue weighted by atomic mass is 16.4. The molecule has 0 atom stereocenters. The molecule has 1 heterocycles. The second kappa shape index (κ2) is 8.24. The van der Waals surface area contributed by atoms with Crippen LogP contribution < -0.4 is 5.32 Å². The van der Waals surface area contributed by atoms with Crippen LogP contribution in [0.4, 0.5) is 0 Å². The van der Waals surface area contributed by atoms with Crippen LogP contribution in [0.2, 0.25) is 0 Å². The fourth-order valence-electron chi connectivity index (χ4n) is 2.55. The molecular formula is C20H21N3O2. The zero-order valence-electron chi connectivity index (χ0n) is 14.2. The second-order valence-corrected chi connectivity index (χ2v) is 5.96. The Morgan fingerprint density at radius 2 is 1.88 bits per heavy atom. The molecule has 128 valence electrons. The van der Waals surface area contributed by atoms with Crippen LogP contribution in [0.3, 0.4) is 0 Å². The molecule has 3 rings (SSSR count). The summed E-state index contributed by atoms with van der Waals surface area (Å²) in [5.41, 5.74) is 3.21. The van der Waals surface area contributed by atoms with Crippen molar-refractivity contribution in [3.63, 3.8) is 0 Å². The summed E-state index contributed by atoms with van der Waals surface area (Å²) in [6.45, 7) is 2.51. The third kappa shape index (κ3) is 5.01. The van der Waals surface area contributed by atoms with Gasteiger partial charge in [-0.25, -0.2) is 0 Å². The van der Waals surface area contributed by atoms with Crippen molar-refractivity contribution in [1.29, 1.82) is 0 Å². The summed E-state index contributed by atoms with van der Waals surface area (Å²) >= 11 is 0. The standard InChI is InChI=1S/C20H21N3O2/c1-15-6-5-9-17(14-15)20-23-22-19(25-20)12-13-21-18(24)11-10-16-7-3-2-4-8-16/h2-9,14H,10-13H2,1H3,(H,21,24). The van der Waals surface area contributed by atoms with Gasteiger partial charge in [-0.2, -0.15) is 0 Å². The molecule has 0 unspecified atom stereocenters. The van der Waals surface area contributed by atoms with Gasteiger partial charge in [0.05, 0.1) is 0 Å². The van der Waals surface area contributed by atoms with Crippen LogP contribution in [0.15, 0.2) is 59.0 Å². The Morgan fingerprint density at radius 1 is 1.04 bits per heavy atom. The number of aryl methyl sites for hydroxylation is 2. The average molecular weight is 335 g/mol. The van der Waals surface area contributed by atoms with Crippen molar-refractivity contribution in [3.8, 4) is 11.5 Å². The number of hydrogen-bond acceptors (Lipinski definition) is 4. The minimum absolute atomic E-state index is 0.0299. The first kappa shape index (κ1) is 16.9. The van der Waals surface area contributed by atoms with Gasteiger partial charge in [-0.15, -0.1) is 10.2 Å². The summed E-state index contributed by atoms with van der Waals surface area (Å²) in [5.74, 6) is 1.07. The quantitative estimate of drug-likeness (QED) is 0.719. The highest BCUT2D eigenvalue weighted by Crippen LogP contribution is 2.18. The molecule has 0 radical (unpaired) electrons. The lowest BCUT2D eigenvalue weighted by molar-refractivity contribution is -0.121. The first-order chi connectivity index (χ1) is 12.2. The molecule has 0 bridgehead atoms. The van der Waals surface area contributed by atoms with E-state index in [4.69, 9.17) is 4.42 Å². The van der Waals surface area contributed by atoms with Crippen LogP contribution in [-0.4, -0.2) is 22.6 Å². The molecule has 5 heteroatoms. The Balaban J connectivity index is 1.44. The molecule has 2 aromatic carbocycles. The molecule has 1 N–H and O–H groups in total. The van der Waals surface area contributed by atoms with Crippen molar-refractivity contribution < 1.29 is 9.21 Å². The smallest absolute Gasteiger partial charge is 0.247 e. The fourth-order valence-corrected chi connectivity index (χ4v) is 2.55. The molecular weight excluding hydrogens is 314 g/mol. The van der Waals surface area contributed by atoms with E-state index in [9.17, 15) is 4.79 Å². The molecule has 0 aliphatic rings. The topological polar surface area (TPSA) is 68.0 Å². The average Bonchev–Trinajstić information content (AvgIpc) is 3.10. The molecule has 0 aliphatic carbocycles. The lowest BCUT2D eigenvalue weighted by Crippen LogP contribution is -2.25. The summed E-state index contributed by atoms with van der Waals surface area (Å²) in [5, 5.41) is 11.0. The van der Waals surface area contributed by atoms with Crippen molar-refractivity contribution in [2.75, 3.05) is 6.54 Å². The molecule has 0 fully saturated rings. The number of carbonyl (C=O) groups excluding carboxylic acids is 1. The minimum Gasteiger partial charge on any atom is -0.421 e. The maximum Gasteiger partial charge on any atom is 0.247 e. The molecule has 3 aromatic rings. The van der Waals surface area contributed by atoms with Crippen LogP contribution in [0.25, 0.3) is 11.5 Å². The van der Waals surface area contributed by atoms with Crippen LogP contribution in [0.1, 0.15) is 23.4 Å². The SMILES string of the molecule is Cc1cccc(-c2nnc(CCNC(=O)CCc3ccccc3)o2)c1. The van der Waals surface area contributed by atoms with Gasteiger partial charge in [0, 0.05) is 24.9 Å². The minimum atomic E-state index is 0.0299. The normalized spacial score (nSPS) is 10.6. The van der Waals surface area contributed by atoms with Gasteiger partial charge >= 0.3 is 0 Å². The zero-order valence-corrected chi connectivity index (χ0v) is 14.2. The molecule has 0 aliphatic heterocycles. The molecule has 0 spiro atoms. The number of nitrogens with zero attached hydrogens (tertiary/aromatic N) is 2. The van der Waals surface area contributed by atoms with Gasteiger partial charge < -0.3 is 9.73 Å². The van der Waals surface area contributed by atoms with E-state index in [0.717, 1.165) is 23.1 Å². The van der Waals surface area contributed by atoms with E-state index < -0.39 is 0 Å². The van der Waals surface area contributed by atoms with Crippen LogP contribution in [0.5, 0.6) is 0 Å². The molecule has 1 amide bonds. The Bertz CT molecular complexity index is 828. The van der Waals surface area contributed by atoms with Crippen molar-refractivity contribution in [3.05, 3.63) is 71.6 Å². The number of benzene rings is 2. The van der Waals surface area contributed by atoms with E-state index in [1.807, 2.05) is 61.5 Å². The summed E-state index contributed by atoms with van der Waals surface area (Å²) < 4.78 is 5.66. The summed E-state index contributed by atoms with van der Waals surface area (Å²) in [6.07, 6.45) is 1.74. The molecule has 0 saturated carbocycles. The third-order valence-corrected chi connectivity index (χ3v) is 3.88. The van der Waals surface area contributed by atoms with Crippen LogP contribution in [0, 0.1) is 6.92 Å². The lowest BCUT2D eigenvalue weighted by Gasteiger charge is -2.03. The fraction of sp³-hybridized carbons (Fsp3) is 0.250. The number of hydrogen-bond donors (Lipinski definition) is 1. The maximum atomic E-state index is 11.9. The predicted molar refractivity (Wildman–Crippen MR) is 95.9 cm³/mol. The van der Waals surface area contributed by atoms with Gasteiger partial charge in [0.2, 0.25) is 17.7 Å². The highest BCUT2D eigenvalue weighted by molar-refractivity contribution is 5.76. The predicted octanol–water partition coefficient (Wildman–Crippen LogP) is 3.34. The van der Waals surface area contributed by atoms with Gasteiger partial charge in [-0.05, 0) is 31.0 Å². The van der Waals surface area contributed by atoms with E-state index >= 15 is 0 Å². The molecule has 0 saturated heterocycles. The number of aromatic nitrogens is 2. The molecule has 1 aromatic heterocycles. The van der Waals surface area contributed by atoms with Crippen molar-refractivity contribution in [2.24, 2.45) is 0 Å². The first-order valence-corrected chi connectivity index (χ1v) is 8.41. The Hall–Kier alpha value is -2.95. The van der Waals surface area contributed by atoms with E-state index in [0.29, 0.717) is 31.2 Å². The highest BCUT2D eigenvalue weighted by Gasteiger charge is 2.09. The van der Waals surface area contributed by atoms with Gasteiger partial charge in [0.1, 0.15) is 0 Å². The Labute approximate surface area is 147 Å². The van der Waals surface area contributed by atoms with E-state index in [-0.39, 0.29) is 5.91 Å². The van der Waals surface area contributed by atoms with Crippen LogP contribution >= 0.6 is 0 Å². The van der Waals surface area contributed by atoms with Crippen LogP contribution in [-0.2, 0) is 17.6 Å². The van der Waals surface area contributed by atoms with Gasteiger partial charge in [-0.3, -0.25) is 4.79 Å². The van der Waals surface area contributed by atoms with Crippen molar-refractivity contribution in [1.82, 2.24) is 15.5 Å².